The van der Waals surface area contributed by atoms with Crippen LogP contribution in [0.5, 0.6) is 5.75 Å². The van der Waals surface area contributed by atoms with Gasteiger partial charge in [-0.25, -0.2) is 0 Å². The van der Waals surface area contributed by atoms with Gasteiger partial charge >= 0.3 is 0 Å². The first kappa shape index (κ1) is 7.55. The van der Waals surface area contributed by atoms with Gasteiger partial charge in [0.2, 0.25) is 0 Å². The van der Waals surface area contributed by atoms with Crippen LogP contribution in [-0.4, -0.2) is 24.2 Å². The van der Waals surface area contributed by atoms with E-state index in [4.69, 9.17) is 4.74 Å². The average molecular weight is 164 g/mol. The van der Waals surface area contributed by atoms with E-state index >= 15 is 0 Å². The molecule has 0 bridgehead atoms. The molecule has 1 aliphatic rings. The van der Waals surface area contributed by atoms with Crippen molar-refractivity contribution < 1.29 is 4.74 Å². The molecule has 3 heteroatoms. The summed E-state index contributed by atoms with van der Waals surface area (Å²) in [6.45, 7) is 3.93. The Morgan fingerprint density at radius 3 is 3.00 bits per heavy atom. The number of rotatable bonds is 2. The predicted octanol–water partition coefficient (Wildman–Crippen LogP) is 0.741. The van der Waals surface area contributed by atoms with Gasteiger partial charge in [0, 0.05) is 31.0 Å². The molecule has 3 nitrogen and oxygen atoms in total. The van der Waals surface area contributed by atoms with E-state index in [1.807, 2.05) is 19.2 Å². The second-order valence-corrected chi connectivity index (χ2v) is 3.04. The third-order valence-corrected chi connectivity index (χ3v) is 2.01. The largest absolute Gasteiger partial charge is 0.487 e. The van der Waals surface area contributed by atoms with Gasteiger partial charge in [0.25, 0.3) is 0 Å². The Balaban J connectivity index is 2.06. The minimum Gasteiger partial charge on any atom is -0.487 e. The Morgan fingerprint density at radius 1 is 1.58 bits per heavy atom. The molecule has 0 saturated carbocycles. The first-order valence-corrected chi connectivity index (χ1v) is 4.14. The first-order valence-electron chi connectivity index (χ1n) is 4.14. The number of hydrogen-bond donors (Lipinski definition) is 1. The smallest absolute Gasteiger partial charge is 0.125 e. The summed E-state index contributed by atoms with van der Waals surface area (Å²) in [5, 5.41) is 3.16. The second kappa shape index (κ2) is 3.11. The van der Waals surface area contributed by atoms with Crippen LogP contribution in [0.1, 0.15) is 5.56 Å². The van der Waals surface area contributed by atoms with Gasteiger partial charge in [0.15, 0.2) is 0 Å². The van der Waals surface area contributed by atoms with Crippen molar-refractivity contribution in [2.45, 2.75) is 13.0 Å². The van der Waals surface area contributed by atoms with Gasteiger partial charge in [0.05, 0.1) is 0 Å². The number of aryl methyl sites for hydroxylation is 1. The van der Waals surface area contributed by atoms with Gasteiger partial charge < -0.3 is 10.1 Å². The maximum absolute atomic E-state index is 5.68. The molecule has 1 aromatic rings. The molecule has 0 atom stereocenters. The first-order chi connectivity index (χ1) is 5.86. The van der Waals surface area contributed by atoms with Gasteiger partial charge in [-0.05, 0) is 13.0 Å². The number of ether oxygens (including phenoxy) is 1. The molecule has 0 radical (unpaired) electrons. The van der Waals surface area contributed by atoms with Crippen molar-refractivity contribution in [1.29, 1.82) is 0 Å². The zero-order valence-corrected chi connectivity index (χ0v) is 7.08. The lowest BCUT2D eigenvalue weighted by atomic mass is 10.2. The summed E-state index contributed by atoms with van der Waals surface area (Å²) in [5.74, 6) is 0.955. The van der Waals surface area contributed by atoms with Crippen LogP contribution < -0.4 is 10.1 Å². The molecular formula is C9H12N2O. The highest BCUT2D eigenvalue weighted by molar-refractivity contribution is 5.28. The van der Waals surface area contributed by atoms with E-state index in [0.29, 0.717) is 6.10 Å². The fourth-order valence-electron chi connectivity index (χ4n) is 1.12. The van der Waals surface area contributed by atoms with Gasteiger partial charge in [-0.2, -0.15) is 0 Å². The summed E-state index contributed by atoms with van der Waals surface area (Å²) in [4.78, 5) is 4.00. The van der Waals surface area contributed by atoms with Crippen molar-refractivity contribution in [2.24, 2.45) is 0 Å². The standard InChI is InChI=1S/C9H12N2O/c1-7-4-10-3-2-9(7)12-8-5-11-6-8/h2-4,8,11H,5-6H2,1H3. The van der Waals surface area contributed by atoms with Gasteiger partial charge in [-0.1, -0.05) is 0 Å². The molecule has 1 fully saturated rings. The lowest BCUT2D eigenvalue weighted by Gasteiger charge is -2.28. The highest BCUT2D eigenvalue weighted by Crippen LogP contribution is 2.17. The van der Waals surface area contributed by atoms with Crippen LogP contribution in [0.15, 0.2) is 18.5 Å². The normalized spacial score (nSPS) is 17.1. The van der Waals surface area contributed by atoms with Crippen LogP contribution in [0.4, 0.5) is 0 Å². The topological polar surface area (TPSA) is 34.1 Å². The molecule has 64 valence electrons. The minimum atomic E-state index is 0.353. The highest BCUT2D eigenvalue weighted by atomic mass is 16.5. The van der Waals surface area contributed by atoms with Crippen LogP contribution in [0.3, 0.4) is 0 Å². The molecule has 0 aliphatic carbocycles. The zero-order chi connectivity index (χ0) is 8.39. The Morgan fingerprint density at radius 2 is 2.42 bits per heavy atom. The van der Waals surface area contributed by atoms with E-state index in [0.717, 1.165) is 24.4 Å². The fraction of sp³-hybridized carbons (Fsp3) is 0.444. The lowest BCUT2D eigenvalue weighted by Crippen LogP contribution is -2.50. The Hall–Kier alpha value is -1.09. The van der Waals surface area contributed by atoms with Gasteiger partial charge in [-0.15, -0.1) is 0 Å². The van der Waals surface area contributed by atoms with Crippen molar-refractivity contribution in [1.82, 2.24) is 10.3 Å². The molecule has 1 aliphatic heterocycles. The van der Waals surface area contributed by atoms with E-state index in [-0.39, 0.29) is 0 Å². The third-order valence-electron chi connectivity index (χ3n) is 2.01. The van der Waals surface area contributed by atoms with Crippen LogP contribution >= 0.6 is 0 Å². The number of nitrogens with zero attached hydrogens (tertiary/aromatic N) is 1. The molecule has 2 heterocycles. The third kappa shape index (κ3) is 1.41. The molecule has 12 heavy (non-hydrogen) atoms. The molecule has 1 N–H and O–H groups in total. The van der Waals surface area contributed by atoms with Crippen molar-refractivity contribution in [2.75, 3.05) is 13.1 Å². The second-order valence-electron chi connectivity index (χ2n) is 3.04. The van der Waals surface area contributed by atoms with E-state index < -0.39 is 0 Å². The van der Waals surface area contributed by atoms with E-state index in [2.05, 4.69) is 10.3 Å². The monoisotopic (exact) mass is 164 g/mol. The molecule has 0 amide bonds. The summed E-state index contributed by atoms with van der Waals surface area (Å²) >= 11 is 0. The predicted molar refractivity (Wildman–Crippen MR) is 46.3 cm³/mol. The zero-order valence-electron chi connectivity index (χ0n) is 7.08. The molecule has 0 unspecified atom stereocenters. The summed E-state index contributed by atoms with van der Waals surface area (Å²) in [6.07, 6.45) is 3.93. The number of hydrogen-bond acceptors (Lipinski definition) is 3. The number of nitrogens with one attached hydrogen (secondary N) is 1. The number of aromatic nitrogens is 1. The lowest BCUT2D eigenvalue weighted by molar-refractivity contribution is 0.141. The summed E-state index contributed by atoms with van der Waals surface area (Å²) < 4.78 is 5.68. The molecule has 0 aromatic carbocycles. The molecule has 2 rings (SSSR count). The van der Waals surface area contributed by atoms with Crippen molar-refractivity contribution in [3.05, 3.63) is 24.0 Å². The Kier molecular flexibility index (Phi) is 1.96. The quantitative estimate of drug-likeness (QED) is 0.700. The van der Waals surface area contributed by atoms with E-state index in [1.54, 1.807) is 6.20 Å². The summed E-state index contributed by atoms with van der Waals surface area (Å²) in [5.41, 5.74) is 1.10. The van der Waals surface area contributed by atoms with Gasteiger partial charge in [-0.3, -0.25) is 4.98 Å². The summed E-state index contributed by atoms with van der Waals surface area (Å²) in [6, 6.07) is 1.91. The molecule has 0 spiro atoms. The van der Waals surface area contributed by atoms with Crippen LogP contribution in [0.2, 0.25) is 0 Å². The maximum atomic E-state index is 5.68. The van der Waals surface area contributed by atoms with Gasteiger partial charge in [0.1, 0.15) is 11.9 Å². The average Bonchev–Trinajstić information content (AvgIpc) is 2.00. The summed E-state index contributed by atoms with van der Waals surface area (Å²) in [7, 11) is 0. The molecular weight excluding hydrogens is 152 g/mol. The SMILES string of the molecule is Cc1cnccc1OC1CNC1. The molecule has 1 saturated heterocycles. The molecule has 1 aromatic heterocycles. The maximum Gasteiger partial charge on any atom is 0.125 e. The van der Waals surface area contributed by atoms with Crippen LogP contribution in [0.25, 0.3) is 0 Å². The van der Waals surface area contributed by atoms with E-state index in [9.17, 15) is 0 Å². The number of pyridine rings is 1. The fourth-order valence-corrected chi connectivity index (χ4v) is 1.12. The Bertz CT molecular complexity index is 271. The van der Waals surface area contributed by atoms with Crippen molar-refractivity contribution >= 4 is 0 Å². The van der Waals surface area contributed by atoms with Crippen molar-refractivity contribution in [3.8, 4) is 5.75 Å². The van der Waals surface area contributed by atoms with Crippen LogP contribution in [-0.2, 0) is 0 Å². The van der Waals surface area contributed by atoms with Crippen LogP contribution in [0, 0.1) is 6.92 Å². The highest BCUT2D eigenvalue weighted by Gasteiger charge is 2.18. The van der Waals surface area contributed by atoms with Crippen molar-refractivity contribution in [3.63, 3.8) is 0 Å². The minimum absolute atomic E-state index is 0.353. The Labute approximate surface area is 71.8 Å². The van der Waals surface area contributed by atoms with E-state index in [1.165, 1.54) is 0 Å².